The quantitative estimate of drug-likeness (QED) is 0.457. The van der Waals surface area contributed by atoms with Crippen LogP contribution >= 0.6 is 0 Å². The SMILES string of the molecule is COc1ccccc1-c1noc(-c2ccc(N3CCCCCC3)c([N+](=O)[O-])c2)n1. The summed E-state index contributed by atoms with van der Waals surface area (Å²) >= 11 is 0. The second kappa shape index (κ2) is 8.30. The average molecular weight is 394 g/mol. The summed E-state index contributed by atoms with van der Waals surface area (Å²) in [6.45, 7) is 1.66. The molecule has 0 spiro atoms. The molecule has 150 valence electrons. The molecule has 29 heavy (non-hydrogen) atoms. The van der Waals surface area contributed by atoms with Gasteiger partial charge in [-0.1, -0.05) is 30.1 Å². The summed E-state index contributed by atoms with van der Waals surface area (Å²) in [6.07, 6.45) is 4.42. The van der Waals surface area contributed by atoms with E-state index in [2.05, 4.69) is 15.0 Å². The minimum atomic E-state index is -0.346. The lowest BCUT2D eigenvalue weighted by Crippen LogP contribution is -2.24. The van der Waals surface area contributed by atoms with Crippen molar-refractivity contribution < 1.29 is 14.2 Å². The summed E-state index contributed by atoms with van der Waals surface area (Å²) in [4.78, 5) is 17.9. The third kappa shape index (κ3) is 3.91. The van der Waals surface area contributed by atoms with Gasteiger partial charge in [0.2, 0.25) is 5.82 Å². The molecule has 0 N–H and O–H groups in total. The van der Waals surface area contributed by atoms with E-state index in [1.165, 1.54) is 6.07 Å². The van der Waals surface area contributed by atoms with Crippen LogP contribution in [0.1, 0.15) is 25.7 Å². The summed E-state index contributed by atoms with van der Waals surface area (Å²) in [5.41, 5.74) is 1.91. The minimum absolute atomic E-state index is 0.0569. The Bertz CT molecular complexity index is 1010. The molecular weight excluding hydrogens is 372 g/mol. The minimum Gasteiger partial charge on any atom is -0.496 e. The molecule has 0 unspecified atom stereocenters. The molecule has 8 heteroatoms. The predicted octanol–water partition coefficient (Wildman–Crippen LogP) is 4.70. The number of ether oxygens (including phenoxy) is 1. The first-order chi connectivity index (χ1) is 14.2. The Labute approximate surface area is 168 Å². The molecule has 1 aromatic heterocycles. The molecular formula is C21H22N4O4. The average Bonchev–Trinajstić information content (AvgIpc) is 3.08. The fraction of sp³-hybridized carbons (Fsp3) is 0.333. The van der Waals surface area contributed by atoms with Gasteiger partial charge in [0.05, 0.1) is 17.6 Å². The van der Waals surface area contributed by atoms with Gasteiger partial charge < -0.3 is 14.2 Å². The van der Waals surface area contributed by atoms with Gasteiger partial charge in [0.1, 0.15) is 11.4 Å². The number of nitro benzene ring substituents is 1. The lowest BCUT2D eigenvalue weighted by molar-refractivity contribution is -0.384. The first kappa shape index (κ1) is 18.9. The molecule has 0 aliphatic carbocycles. The number of hydrogen-bond donors (Lipinski definition) is 0. The van der Waals surface area contributed by atoms with Gasteiger partial charge >= 0.3 is 0 Å². The van der Waals surface area contributed by atoms with Crippen LogP contribution in [0.25, 0.3) is 22.8 Å². The maximum Gasteiger partial charge on any atom is 0.293 e. The van der Waals surface area contributed by atoms with Crippen molar-refractivity contribution in [1.29, 1.82) is 0 Å². The Kier molecular flexibility index (Phi) is 5.41. The topological polar surface area (TPSA) is 94.5 Å². The van der Waals surface area contributed by atoms with Gasteiger partial charge in [-0.2, -0.15) is 4.98 Å². The van der Waals surface area contributed by atoms with Crippen molar-refractivity contribution in [3.63, 3.8) is 0 Å². The highest BCUT2D eigenvalue weighted by Crippen LogP contribution is 2.35. The summed E-state index contributed by atoms with van der Waals surface area (Å²) in [7, 11) is 1.57. The van der Waals surface area contributed by atoms with Crippen LogP contribution in [0, 0.1) is 10.1 Å². The molecule has 4 rings (SSSR count). The maximum atomic E-state index is 11.7. The van der Waals surface area contributed by atoms with E-state index in [4.69, 9.17) is 9.26 Å². The van der Waals surface area contributed by atoms with Crippen LogP contribution < -0.4 is 9.64 Å². The Morgan fingerprint density at radius 1 is 1.10 bits per heavy atom. The van der Waals surface area contributed by atoms with Crippen LogP contribution in [0.3, 0.4) is 0 Å². The Morgan fingerprint density at radius 2 is 1.86 bits per heavy atom. The van der Waals surface area contributed by atoms with Crippen molar-refractivity contribution in [3.05, 3.63) is 52.6 Å². The van der Waals surface area contributed by atoms with Gasteiger partial charge in [-0.25, -0.2) is 0 Å². The largest absolute Gasteiger partial charge is 0.496 e. The molecule has 2 heterocycles. The van der Waals surface area contributed by atoms with Crippen LogP contribution in [-0.4, -0.2) is 35.3 Å². The summed E-state index contributed by atoms with van der Waals surface area (Å²) in [5, 5.41) is 15.8. The molecule has 0 amide bonds. The molecule has 1 fully saturated rings. The number of hydrogen-bond acceptors (Lipinski definition) is 7. The van der Waals surface area contributed by atoms with Crippen LogP contribution in [0.2, 0.25) is 0 Å². The monoisotopic (exact) mass is 394 g/mol. The molecule has 2 aromatic carbocycles. The number of benzene rings is 2. The first-order valence-corrected chi connectivity index (χ1v) is 9.68. The summed E-state index contributed by atoms with van der Waals surface area (Å²) < 4.78 is 10.7. The lowest BCUT2D eigenvalue weighted by Gasteiger charge is -2.22. The molecule has 1 aliphatic rings. The van der Waals surface area contributed by atoms with Crippen molar-refractivity contribution in [2.24, 2.45) is 0 Å². The zero-order valence-corrected chi connectivity index (χ0v) is 16.2. The molecule has 0 bridgehead atoms. The van der Waals surface area contributed by atoms with Crippen molar-refractivity contribution >= 4 is 11.4 Å². The van der Waals surface area contributed by atoms with Crippen molar-refractivity contribution in [2.75, 3.05) is 25.1 Å². The maximum absolute atomic E-state index is 11.7. The van der Waals surface area contributed by atoms with Gasteiger partial charge in [0, 0.05) is 24.7 Å². The van der Waals surface area contributed by atoms with E-state index in [1.807, 2.05) is 24.3 Å². The molecule has 3 aromatic rings. The van der Waals surface area contributed by atoms with Crippen LogP contribution in [0.4, 0.5) is 11.4 Å². The van der Waals surface area contributed by atoms with Crippen molar-refractivity contribution in [2.45, 2.75) is 25.7 Å². The second-order valence-electron chi connectivity index (χ2n) is 6.99. The highest BCUT2D eigenvalue weighted by Gasteiger charge is 2.23. The number of methoxy groups -OCH3 is 1. The van der Waals surface area contributed by atoms with E-state index in [-0.39, 0.29) is 16.5 Å². The highest BCUT2D eigenvalue weighted by atomic mass is 16.6. The van der Waals surface area contributed by atoms with Crippen molar-refractivity contribution in [3.8, 4) is 28.6 Å². The summed E-state index contributed by atoms with van der Waals surface area (Å²) in [5.74, 6) is 1.23. The number of anilines is 1. The predicted molar refractivity (Wildman–Crippen MR) is 109 cm³/mol. The molecule has 8 nitrogen and oxygen atoms in total. The summed E-state index contributed by atoms with van der Waals surface area (Å²) in [6, 6.07) is 12.5. The van der Waals surface area contributed by atoms with Gasteiger partial charge in [0.25, 0.3) is 11.6 Å². The fourth-order valence-corrected chi connectivity index (χ4v) is 3.66. The van der Waals surface area contributed by atoms with Crippen LogP contribution in [0.15, 0.2) is 47.0 Å². The Morgan fingerprint density at radius 3 is 2.59 bits per heavy atom. The number of nitro groups is 1. The molecule has 1 aliphatic heterocycles. The van der Waals surface area contributed by atoms with Gasteiger partial charge in [0.15, 0.2) is 0 Å². The first-order valence-electron chi connectivity index (χ1n) is 9.68. The number of rotatable bonds is 5. The van der Waals surface area contributed by atoms with Gasteiger partial charge in [-0.15, -0.1) is 0 Å². The van der Waals surface area contributed by atoms with E-state index in [9.17, 15) is 10.1 Å². The zero-order chi connectivity index (χ0) is 20.2. The van der Waals surface area contributed by atoms with Gasteiger partial charge in [-0.3, -0.25) is 10.1 Å². The normalized spacial score (nSPS) is 14.4. The standard InChI is InChI=1S/C21H22N4O4/c1-28-19-9-5-4-8-16(19)20-22-21(29-23-20)15-10-11-17(18(14-15)25(26)27)24-12-6-2-3-7-13-24/h4-5,8-11,14H,2-3,6-7,12-13H2,1H3. The number of aromatic nitrogens is 2. The van der Waals surface area contributed by atoms with Crippen LogP contribution in [-0.2, 0) is 0 Å². The lowest BCUT2D eigenvalue weighted by atomic mass is 10.1. The molecule has 1 saturated heterocycles. The van der Waals surface area contributed by atoms with E-state index >= 15 is 0 Å². The van der Waals surface area contributed by atoms with E-state index in [0.29, 0.717) is 28.4 Å². The molecule has 0 radical (unpaired) electrons. The van der Waals surface area contributed by atoms with E-state index < -0.39 is 0 Å². The van der Waals surface area contributed by atoms with E-state index in [0.717, 1.165) is 38.8 Å². The fourth-order valence-electron chi connectivity index (χ4n) is 3.66. The third-order valence-corrected chi connectivity index (χ3v) is 5.14. The Hall–Kier alpha value is -3.42. The zero-order valence-electron chi connectivity index (χ0n) is 16.2. The molecule has 0 saturated carbocycles. The third-order valence-electron chi connectivity index (χ3n) is 5.14. The number of para-hydroxylation sites is 1. The Balaban J connectivity index is 1.68. The highest BCUT2D eigenvalue weighted by molar-refractivity contribution is 5.72. The van der Waals surface area contributed by atoms with Crippen LogP contribution in [0.5, 0.6) is 5.75 Å². The molecule has 0 atom stereocenters. The second-order valence-corrected chi connectivity index (χ2v) is 6.99. The van der Waals surface area contributed by atoms with E-state index in [1.54, 1.807) is 19.2 Å². The smallest absolute Gasteiger partial charge is 0.293 e. The number of nitrogens with zero attached hydrogens (tertiary/aromatic N) is 4. The van der Waals surface area contributed by atoms with Gasteiger partial charge in [-0.05, 0) is 37.1 Å². The van der Waals surface area contributed by atoms with Crippen molar-refractivity contribution in [1.82, 2.24) is 10.1 Å².